The Morgan fingerprint density at radius 3 is 2.61 bits per heavy atom. The van der Waals surface area contributed by atoms with Crippen molar-refractivity contribution in [3.63, 3.8) is 0 Å². The fraction of sp³-hybridized carbons (Fsp3) is 0.231. The summed E-state index contributed by atoms with van der Waals surface area (Å²) in [4.78, 5) is 11.3. The second-order valence-corrected chi connectivity index (χ2v) is 3.88. The fourth-order valence-corrected chi connectivity index (χ4v) is 1.80. The summed E-state index contributed by atoms with van der Waals surface area (Å²) in [5, 5.41) is 20.3. The van der Waals surface area contributed by atoms with Gasteiger partial charge in [-0.05, 0) is 0 Å². The second-order valence-electron chi connectivity index (χ2n) is 3.88. The van der Waals surface area contributed by atoms with E-state index in [9.17, 15) is 9.90 Å². The zero-order valence-electron chi connectivity index (χ0n) is 9.77. The average Bonchev–Trinajstić information content (AvgIpc) is 2.40. The second kappa shape index (κ2) is 5.46. The largest absolute Gasteiger partial charge is 0.478 e. The van der Waals surface area contributed by atoms with Crippen LogP contribution in [0.25, 0.3) is 0 Å². The lowest BCUT2D eigenvalue weighted by Gasteiger charge is -2.20. The molecule has 1 heterocycles. The molecule has 18 heavy (non-hydrogen) atoms. The van der Waals surface area contributed by atoms with Crippen LogP contribution in [0.15, 0.2) is 41.6 Å². The molecule has 0 bridgehead atoms. The van der Waals surface area contributed by atoms with Crippen LogP contribution in [0.3, 0.4) is 0 Å². The van der Waals surface area contributed by atoms with E-state index < -0.39 is 5.97 Å². The van der Waals surface area contributed by atoms with Gasteiger partial charge in [-0.3, -0.25) is 5.41 Å². The van der Waals surface area contributed by atoms with Gasteiger partial charge < -0.3 is 15.2 Å². The Kier molecular flexibility index (Phi) is 3.74. The number of rotatable bonds is 3. The van der Waals surface area contributed by atoms with Gasteiger partial charge in [0, 0.05) is 12.1 Å². The van der Waals surface area contributed by atoms with Crippen LogP contribution in [0.4, 0.5) is 0 Å². The van der Waals surface area contributed by atoms with Gasteiger partial charge in [0.25, 0.3) is 0 Å². The summed E-state index contributed by atoms with van der Waals surface area (Å²) in [5.74, 6) is -1.11. The highest BCUT2D eigenvalue weighted by Gasteiger charge is 2.22. The Hall–Kier alpha value is -2.14. The number of hydrogen-bond acceptors (Lipinski definition) is 4. The van der Waals surface area contributed by atoms with Crippen molar-refractivity contribution < 1.29 is 14.6 Å². The SMILES string of the molecule is N=C(/C(C(=O)O)=C1/COCCN1)c1ccccc1. The quantitative estimate of drug-likeness (QED) is 0.549. The zero-order chi connectivity index (χ0) is 13.0. The number of aliphatic carboxylic acids is 1. The van der Waals surface area contributed by atoms with Crippen LogP contribution in [0.1, 0.15) is 5.56 Å². The zero-order valence-corrected chi connectivity index (χ0v) is 9.77. The maximum Gasteiger partial charge on any atom is 0.339 e. The molecule has 5 heteroatoms. The first-order chi connectivity index (χ1) is 8.70. The summed E-state index contributed by atoms with van der Waals surface area (Å²) in [5.41, 5.74) is 1.01. The van der Waals surface area contributed by atoms with Gasteiger partial charge in [-0.15, -0.1) is 0 Å². The van der Waals surface area contributed by atoms with E-state index in [2.05, 4.69) is 5.32 Å². The molecule has 0 atom stereocenters. The molecule has 0 unspecified atom stereocenters. The maximum absolute atomic E-state index is 11.3. The predicted octanol–water partition coefficient (Wildman–Crippen LogP) is 1.01. The van der Waals surface area contributed by atoms with Gasteiger partial charge in [0.05, 0.1) is 24.6 Å². The van der Waals surface area contributed by atoms with Crippen molar-refractivity contribution in [2.75, 3.05) is 19.8 Å². The van der Waals surface area contributed by atoms with E-state index in [1.54, 1.807) is 24.3 Å². The minimum absolute atomic E-state index is 0.00361. The molecule has 1 fully saturated rings. The number of benzene rings is 1. The van der Waals surface area contributed by atoms with Gasteiger partial charge in [-0.25, -0.2) is 4.79 Å². The summed E-state index contributed by atoms with van der Waals surface area (Å²) in [6.07, 6.45) is 0. The molecule has 0 aliphatic carbocycles. The molecule has 1 saturated heterocycles. The number of morpholine rings is 1. The molecule has 0 spiro atoms. The minimum Gasteiger partial charge on any atom is -0.478 e. The number of carboxylic acids is 1. The number of carboxylic acid groups (broad SMARTS) is 1. The molecular formula is C13H14N2O3. The molecular weight excluding hydrogens is 232 g/mol. The Bertz CT molecular complexity index is 486. The molecule has 2 rings (SSSR count). The van der Waals surface area contributed by atoms with Gasteiger partial charge in [-0.2, -0.15) is 0 Å². The average molecular weight is 246 g/mol. The van der Waals surface area contributed by atoms with Crippen LogP contribution in [-0.4, -0.2) is 36.5 Å². The van der Waals surface area contributed by atoms with E-state index in [-0.39, 0.29) is 17.9 Å². The van der Waals surface area contributed by atoms with Crippen molar-refractivity contribution in [2.24, 2.45) is 0 Å². The predicted molar refractivity (Wildman–Crippen MR) is 66.8 cm³/mol. The molecule has 0 amide bonds. The lowest BCUT2D eigenvalue weighted by molar-refractivity contribution is -0.132. The summed E-state index contributed by atoms with van der Waals surface area (Å²) in [7, 11) is 0. The van der Waals surface area contributed by atoms with Crippen molar-refractivity contribution in [1.29, 1.82) is 5.41 Å². The van der Waals surface area contributed by atoms with Crippen molar-refractivity contribution in [3.8, 4) is 0 Å². The van der Waals surface area contributed by atoms with E-state index in [4.69, 9.17) is 10.1 Å². The van der Waals surface area contributed by atoms with Gasteiger partial charge in [0.2, 0.25) is 0 Å². The normalized spacial score (nSPS) is 17.8. The molecule has 94 valence electrons. The first-order valence-electron chi connectivity index (χ1n) is 5.62. The molecule has 3 N–H and O–H groups in total. The number of ether oxygens (including phenoxy) is 1. The summed E-state index contributed by atoms with van der Waals surface area (Å²) < 4.78 is 5.22. The van der Waals surface area contributed by atoms with Gasteiger partial charge in [0.15, 0.2) is 0 Å². The lowest BCUT2D eigenvalue weighted by atomic mass is 10.0. The van der Waals surface area contributed by atoms with Crippen LogP contribution in [0.2, 0.25) is 0 Å². The molecule has 0 aromatic heterocycles. The first-order valence-corrected chi connectivity index (χ1v) is 5.62. The molecule has 0 radical (unpaired) electrons. The van der Waals surface area contributed by atoms with Crippen molar-refractivity contribution in [1.82, 2.24) is 5.32 Å². The monoisotopic (exact) mass is 246 g/mol. The standard InChI is InChI=1S/C13H14N2O3/c14-12(9-4-2-1-3-5-9)11(13(16)17)10-8-18-7-6-15-10/h1-5,14-15H,6-8H2,(H,16,17)/b11-10+,14-12?. The fourth-order valence-electron chi connectivity index (χ4n) is 1.80. The van der Waals surface area contributed by atoms with Crippen LogP contribution < -0.4 is 5.32 Å². The first kappa shape index (κ1) is 12.3. The van der Waals surface area contributed by atoms with E-state index in [1.807, 2.05) is 6.07 Å². The number of hydrogen-bond donors (Lipinski definition) is 3. The van der Waals surface area contributed by atoms with Crippen molar-refractivity contribution in [2.45, 2.75) is 0 Å². The Balaban J connectivity index is 2.37. The van der Waals surface area contributed by atoms with Crippen LogP contribution in [0, 0.1) is 5.41 Å². The third kappa shape index (κ3) is 2.57. The lowest BCUT2D eigenvalue weighted by Crippen LogP contribution is -2.33. The highest BCUT2D eigenvalue weighted by Crippen LogP contribution is 2.13. The smallest absolute Gasteiger partial charge is 0.339 e. The molecule has 0 saturated carbocycles. The summed E-state index contributed by atoms with van der Waals surface area (Å²) in [6.45, 7) is 1.32. The highest BCUT2D eigenvalue weighted by molar-refractivity contribution is 6.25. The van der Waals surface area contributed by atoms with E-state index in [0.717, 1.165) is 0 Å². The van der Waals surface area contributed by atoms with E-state index in [0.29, 0.717) is 24.4 Å². The van der Waals surface area contributed by atoms with Crippen LogP contribution >= 0.6 is 0 Å². The Morgan fingerprint density at radius 2 is 2.06 bits per heavy atom. The molecule has 1 aromatic rings. The third-order valence-electron chi connectivity index (χ3n) is 2.66. The van der Waals surface area contributed by atoms with Gasteiger partial charge >= 0.3 is 5.97 Å². The third-order valence-corrected chi connectivity index (χ3v) is 2.66. The summed E-state index contributed by atoms with van der Waals surface area (Å²) >= 11 is 0. The molecule has 5 nitrogen and oxygen atoms in total. The number of carbonyl (C=O) groups is 1. The minimum atomic E-state index is -1.11. The van der Waals surface area contributed by atoms with Gasteiger partial charge in [-0.1, -0.05) is 30.3 Å². The van der Waals surface area contributed by atoms with Crippen LogP contribution in [0.5, 0.6) is 0 Å². The molecule has 1 aromatic carbocycles. The van der Waals surface area contributed by atoms with E-state index in [1.165, 1.54) is 0 Å². The molecule has 1 aliphatic rings. The topological polar surface area (TPSA) is 82.4 Å². The van der Waals surface area contributed by atoms with Gasteiger partial charge in [0.1, 0.15) is 5.57 Å². The van der Waals surface area contributed by atoms with Crippen molar-refractivity contribution >= 4 is 11.7 Å². The highest BCUT2D eigenvalue weighted by atomic mass is 16.5. The Morgan fingerprint density at radius 1 is 1.33 bits per heavy atom. The molecule has 1 aliphatic heterocycles. The van der Waals surface area contributed by atoms with E-state index >= 15 is 0 Å². The summed E-state index contributed by atoms with van der Waals surface area (Å²) in [6, 6.07) is 8.81. The Labute approximate surface area is 105 Å². The number of nitrogens with one attached hydrogen (secondary N) is 2. The van der Waals surface area contributed by atoms with Crippen LogP contribution in [-0.2, 0) is 9.53 Å². The maximum atomic E-state index is 11.3. The van der Waals surface area contributed by atoms with Crippen molar-refractivity contribution in [3.05, 3.63) is 47.2 Å².